The predicted molar refractivity (Wildman–Crippen MR) is 66.0 cm³/mol. The maximum absolute atomic E-state index is 10.0. The fourth-order valence-electron chi connectivity index (χ4n) is 1.60. The number of aliphatic hydroxyl groups is 1. The van der Waals surface area contributed by atoms with Gasteiger partial charge in [0.25, 0.3) is 0 Å². The molecule has 0 aliphatic heterocycles. The third-order valence-electron chi connectivity index (χ3n) is 2.48. The Morgan fingerprint density at radius 1 is 1.44 bits per heavy atom. The van der Waals surface area contributed by atoms with Crippen LogP contribution in [0.3, 0.4) is 0 Å². The van der Waals surface area contributed by atoms with Crippen molar-refractivity contribution in [3.63, 3.8) is 0 Å². The van der Waals surface area contributed by atoms with Crippen LogP contribution >= 0.6 is 15.9 Å². The van der Waals surface area contributed by atoms with Crippen LogP contribution in [0.1, 0.15) is 17.2 Å². The Morgan fingerprint density at radius 3 is 2.81 bits per heavy atom. The molecule has 84 valence electrons. The summed E-state index contributed by atoms with van der Waals surface area (Å²) in [6, 6.07) is 7.91. The third-order valence-corrected chi connectivity index (χ3v) is 3.25. The van der Waals surface area contributed by atoms with Crippen molar-refractivity contribution in [2.45, 2.75) is 12.5 Å². The Balaban J connectivity index is 2.13. The molecule has 2 aromatic rings. The van der Waals surface area contributed by atoms with Gasteiger partial charge < -0.3 is 5.11 Å². The number of hydrogen-bond acceptors (Lipinski definition) is 2. The summed E-state index contributed by atoms with van der Waals surface area (Å²) in [4.78, 5) is 0. The molecule has 0 aliphatic rings. The lowest BCUT2D eigenvalue weighted by molar-refractivity contribution is 0.178. The molecule has 0 aliphatic carbocycles. The number of hydrogen-bond donors (Lipinski definition) is 1. The molecule has 16 heavy (non-hydrogen) atoms. The fourth-order valence-corrected chi connectivity index (χ4v) is 2.05. The normalized spacial score (nSPS) is 12.7. The van der Waals surface area contributed by atoms with Gasteiger partial charge in [0.1, 0.15) is 0 Å². The van der Waals surface area contributed by atoms with Crippen LogP contribution in [0.5, 0.6) is 0 Å². The molecule has 1 aromatic heterocycles. The second kappa shape index (κ2) is 4.80. The van der Waals surface area contributed by atoms with Crippen molar-refractivity contribution >= 4 is 15.9 Å². The van der Waals surface area contributed by atoms with Crippen LogP contribution in [-0.2, 0) is 13.5 Å². The van der Waals surface area contributed by atoms with E-state index in [1.54, 1.807) is 10.9 Å². The van der Waals surface area contributed by atoms with Gasteiger partial charge in [-0.25, -0.2) is 0 Å². The minimum absolute atomic E-state index is 0.507. The number of aryl methyl sites for hydroxylation is 1. The number of aliphatic hydroxyl groups excluding tert-OH is 1. The summed E-state index contributed by atoms with van der Waals surface area (Å²) in [5.74, 6) is 0. The average Bonchev–Trinajstić information content (AvgIpc) is 2.68. The molecule has 0 amide bonds. The van der Waals surface area contributed by atoms with E-state index < -0.39 is 6.10 Å². The fraction of sp³-hybridized carbons (Fsp3) is 0.250. The second-order valence-electron chi connectivity index (χ2n) is 3.76. The predicted octanol–water partition coefficient (Wildman–Crippen LogP) is 2.46. The number of benzene rings is 1. The largest absolute Gasteiger partial charge is 0.388 e. The van der Waals surface area contributed by atoms with Crippen LogP contribution in [-0.4, -0.2) is 14.9 Å². The van der Waals surface area contributed by atoms with Gasteiger partial charge in [0, 0.05) is 29.7 Å². The molecule has 0 radical (unpaired) electrons. The van der Waals surface area contributed by atoms with Gasteiger partial charge in [0.05, 0.1) is 12.3 Å². The molecule has 4 heteroatoms. The molecular weight excluding hydrogens is 268 g/mol. The monoisotopic (exact) mass is 280 g/mol. The number of nitrogens with zero attached hydrogens (tertiary/aromatic N) is 2. The van der Waals surface area contributed by atoms with Gasteiger partial charge in [-0.3, -0.25) is 4.68 Å². The molecule has 1 aromatic carbocycles. The molecule has 1 unspecified atom stereocenters. The number of rotatable bonds is 3. The van der Waals surface area contributed by atoms with Crippen molar-refractivity contribution in [3.8, 4) is 0 Å². The summed E-state index contributed by atoms with van der Waals surface area (Å²) in [7, 11) is 1.84. The lowest BCUT2D eigenvalue weighted by atomic mass is 10.0. The highest BCUT2D eigenvalue weighted by Crippen LogP contribution is 2.23. The molecule has 0 saturated carbocycles. The average molecular weight is 281 g/mol. The first-order valence-electron chi connectivity index (χ1n) is 5.07. The summed E-state index contributed by atoms with van der Waals surface area (Å²) in [6.07, 6.45) is 3.61. The zero-order chi connectivity index (χ0) is 11.5. The maximum atomic E-state index is 10.0. The van der Waals surface area contributed by atoms with Crippen molar-refractivity contribution < 1.29 is 5.11 Å². The van der Waals surface area contributed by atoms with Crippen molar-refractivity contribution in [3.05, 3.63) is 52.3 Å². The molecule has 0 bridgehead atoms. The minimum atomic E-state index is -0.507. The van der Waals surface area contributed by atoms with Crippen LogP contribution in [0, 0.1) is 0 Å². The van der Waals surface area contributed by atoms with Crippen LogP contribution in [0.2, 0.25) is 0 Å². The molecule has 1 heterocycles. The van der Waals surface area contributed by atoms with E-state index in [2.05, 4.69) is 21.0 Å². The third kappa shape index (κ3) is 2.51. The number of aromatic nitrogens is 2. The first-order valence-corrected chi connectivity index (χ1v) is 5.86. The van der Waals surface area contributed by atoms with E-state index in [4.69, 9.17) is 0 Å². The highest BCUT2D eigenvalue weighted by atomic mass is 79.9. The molecule has 2 rings (SSSR count). The Kier molecular flexibility index (Phi) is 3.41. The van der Waals surface area contributed by atoms with Crippen LogP contribution in [0.25, 0.3) is 0 Å². The summed E-state index contributed by atoms with van der Waals surface area (Å²) < 4.78 is 2.72. The zero-order valence-electron chi connectivity index (χ0n) is 8.97. The quantitative estimate of drug-likeness (QED) is 0.938. The Labute approximate surface area is 103 Å². The molecular formula is C12H13BrN2O. The highest BCUT2D eigenvalue weighted by molar-refractivity contribution is 9.10. The molecule has 1 N–H and O–H groups in total. The lowest BCUT2D eigenvalue weighted by Crippen LogP contribution is -2.01. The van der Waals surface area contributed by atoms with E-state index in [0.717, 1.165) is 15.6 Å². The minimum Gasteiger partial charge on any atom is -0.388 e. The van der Waals surface area contributed by atoms with Crippen LogP contribution < -0.4 is 0 Å². The van der Waals surface area contributed by atoms with E-state index in [1.165, 1.54) is 0 Å². The first-order chi connectivity index (χ1) is 7.66. The van der Waals surface area contributed by atoms with E-state index >= 15 is 0 Å². The lowest BCUT2D eigenvalue weighted by Gasteiger charge is -2.09. The smallest absolute Gasteiger partial charge is 0.0861 e. The van der Waals surface area contributed by atoms with Crippen LogP contribution in [0.4, 0.5) is 0 Å². The summed E-state index contributed by atoms with van der Waals surface area (Å²) in [5, 5.41) is 14.1. The number of halogens is 1. The zero-order valence-corrected chi connectivity index (χ0v) is 10.6. The maximum Gasteiger partial charge on any atom is 0.0861 e. The van der Waals surface area contributed by atoms with Crippen LogP contribution in [0.15, 0.2) is 41.1 Å². The van der Waals surface area contributed by atoms with E-state index in [-0.39, 0.29) is 0 Å². The summed E-state index contributed by atoms with van der Waals surface area (Å²) >= 11 is 3.47. The Bertz CT molecular complexity index is 481. The van der Waals surface area contributed by atoms with Gasteiger partial charge in [0.15, 0.2) is 0 Å². The molecule has 0 saturated heterocycles. The van der Waals surface area contributed by atoms with Gasteiger partial charge in [-0.2, -0.15) is 5.10 Å². The standard InChI is InChI=1S/C12H13BrN2O/c1-15-8-10(7-14-15)12(16)6-9-4-2-3-5-11(9)13/h2-5,7-8,12,16H,6H2,1H3. The van der Waals surface area contributed by atoms with Gasteiger partial charge in [0.2, 0.25) is 0 Å². The second-order valence-corrected chi connectivity index (χ2v) is 4.61. The van der Waals surface area contributed by atoms with E-state index in [1.807, 2.05) is 37.5 Å². The van der Waals surface area contributed by atoms with Crippen molar-refractivity contribution in [2.24, 2.45) is 7.05 Å². The topological polar surface area (TPSA) is 38.0 Å². The van der Waals surface area contributed by atoms with E-state index in [0.29, 0.717) is 6.42 Å². The van der Waals surface area contributed by atoms with Gasteiger partial charge in [-0.15, -0.1) is 0 Å². The summed E-state index contributed by atoms with van der Waals surface area (Å²) in [5.41, 5.74) is 1.94. The molecule has 0 spiro atoms. The Morgan fingerprint density at radius 2 is 2.19 bits per heavy atom. The van der Waals surface area contributed by atoms with Crippen molar-refractivity contribution in [1.29, 1.82) is 0 Å². The van der Waals surface area contributed by atoms with Crippen molar-refractivity contribution in [1.82, 2.24) is 9.78 Å². The summed E-state index contributed by atoms with van der Waals surface area (Å²) in [6.45, 7) is 0. The molecule has 0 fully saturated rings. The van der Waals surface area contributed by atoms with E-state index in [9.17, 15) is 5.11 Å². The molecule has 3 nitrogen and oxygen atoms in total. The first kappa shape index (κ1) is 11.4. The van der Waals surface area contributed by atoms with Gasteiger partial charge in [-0.05, 0) is 11.6 Å². The van der Waals surface area contributed by atoms with Gasteiger partial charge >= 0.3 is 0 Å². The van der Waals surface area contributed by atoms with Gasteiger partial charge in [-0.1, -0.05) is 34.1 Å². The highest BCUT2D eigenvalue weighted by Gasteiger charge is 2.11. The van der Waals surface area contributed by atoms with Crippen molar-refractivity contribution in [2.75, 3.05) is 0 Å². The molecule has 1 atom stereocenters. The Hall–Kier alpha value is -1.13. The SMILES string of the molecule is Cn1cc(C(O)Cc2ccccc2Br)cn1.